The highest BCUT2D eigenvalue weighted by Crippen LogP contribution is 2.35. The maximum Gasteiger partial charge on any atom is 0.279 e. The van der Waals surface area contributed by atoms with Crippen LogP contribution in [0.1, 0.15) is 52.4 Å². The second kappa shape index (κ2) is 8.32. The van der Waals surface area contributed by atoms with E-state index in [1.807, 2.05) is 6.92 Å². The van der Waals surface area contributed by atoms with E-state index in [-0.39, 0.29) is 5.41 Å². The van der Waals surface area contributed by atoms with Crippen molar-refractivity contribution in [1.29, 1.82) is 0 Å². The molecule has 0 heterocycles. The molecule has 1 aliphatic carbocycles. The molecule has 6 heteroatoms. The lowest BCUT2D eigenvalue weighted by Gasteiger charge is -2.34. The van der Waals surface area contributed by atoms with Gasteiger partial charge in [-0.25, -0.2) is 4.72 Å². The van der Waals surface area contributed by atoms with Crippen LogP contribution in [0.5, 0.6) is 0 Å². The van der Waals surface area contributed by atoms with E-state index in [2.05, 4.69) is 17.0 Å². The van der Waals surface area contributed by atoms with Gasteiger partial charge >= 0.3 is 0 Å². The van der Waals surface area contributed by atoms with E-state index < -0.39 is 10.2 Å². The van der Waals surface area contributed by atoms with E-state index in [1.165, 1.54) is 23.6 Å². The molecule has 0 spiro atoms. The van der Waals surface area contributed by atoms with Crippen molar-refractivity contribution in [1.82, 2.24) is 14.3 Å². The first-order valence-electron chi connectivity index (χ1n) is 7.81. The first kappa shape index (κ1) is 17.9. The first-order valence-corrected chi connectivity index (χ1v) is 9.25. The lowest BCUT2D eigenvalue weighted by Crippen LogP contribution is -2.44. The summed E-state index contributed by atoms with van der Waals surface area (Å²) in [6.07, 6.45) is 6.81. The van der Waals surface area contributed by atoms with Gasteiger partial charge in [-0.1, -0.05) is 33.1 Å². The third kappa shape index (κ3) is 6.08. The minimum Gasteiger partial charge on any atom is -0.317 e. The molecule has 120 valence electrons. The standard InChI is InChI=1S/C14H31N3O2S/c1-4-15-11-8-12-17(3)20(18,19)16-13-14(2)9-6-5-7-10-14/h15-16H,4-13H2,1-3H3. The van der Waals surface area contributed by atoms with Gasteiger partial charge in [-0.15, -0.1) is 0 Å². The van der Waals surface area contributed by atoms with Crippen LogP contribution in [-0.4, -0.2) is 45.9 Å². The molecule has 1 saturated carbocycles. The Morgan fingerprint density at radius 3 is 2.45 bits per heavy atom. The van der Waals surface area contributed by atoms with Gasteiger partial charge in [0, 0.05) is 20.1 Å². The van der Waals surface area contributed by atoms with Gasteiger partial charge in [0.25, 0.3) is 10.2 Å². The fraction of sp³-hybridized carbons (Fsp3) is 1.00. The molecule has 0 atom stereocenters. The molecule has 0 aromatic rings. The highest BCUT2D eigenvalue weighted by atomic mass is 32.2. The summed E-state index contributed by atoms with van der Waals surface area (Å²) in [5, 5.41) is 3.20. The topological polar surface area (TPSA) is 61.4 Å². The molecule has 1 aliphatic rings. The van der Waals surface area contributed by atoms with Crippen LogP contribution in [0.4, 0.5) is 0 Å². The molecule has 1 rings (SSSR count). The maximum atomic E-state index is 12.2. The van der Waals surface area contributed by atoms with Crippen molar-refractivity contribution in [3.05, 3.63) is 0 Å². The Morgan fingerprint density at radius 2 is 1.85 bits per heavy atom. The summed E-state index contributed by atoms with van der Waals surface area (Å²) in [5.41, 5.74) is 0.135. The summed E-state index contributed by atoms with van der Waals surface area (Å²) < 4.78 is 28.6. The zero-order valence-electron chi connectivity index (χ0n) is 13.2. The zero-order valence-corrected chi connectivity index (χ0v) is 14.1. The summed E-state index contributed by atoms with van der Waals surface area (Å²) in [6.45, 7) is 7.14. The van der Waals surface area contributed by atoms with E-state index >= 15 is 0 Å². The molecular formula is C14H31N3O2S. The van der Waals surface area contributed by atoms with Crippen molar-refractivity contribution >= 4 is 10.2 Å². The second-order valence-electron chi connectivity index (χ2n) is 6.23. The molecule has 0 amide bonds. The van der Waals surface area contributed by atoms with Gasteiger partial charge in [-0.2, -0.15) is 12.7 Å². The second-order valence-corrected chi connectivity index (χ2v) is 8.09. The van der Waals surface area contributed by atoms with Gasteiger partial charge in [0.05, 0.1) is 0 Å². The van der Waals surface area contributed by atoms with Crippen LogP contribution >= 0.6 is 0 Å². The third-order valence-corrected chi connectivity index (χ3v) is 5.74. The molecule has 1 fully saturated rings. The molecule has 0 unspecified atom stereocenters. The van der Waals surface area contributed by atoms with Crippen LogP contribution in [0.25, 0.3) is 0 Å². The number of nitrogens with zero attached hydrogens (tertiary/aromatic N) is 1. The lowest BCUT2D eigenvalue weighted by atomic mass is 9.76. The smallest absolute Gasteiger partial charge is 0.279 e. The Kier molecular flexibility index (Phi) is 7.43. The normalized spacial score (nSPS) is 19.4. The minimum absolute atomic E-state index is 0.135. The molecule has 0 saturated heterocycles. The fourth-order valence-electron chi connectivity index (χ4n) is 2.68. The summed E-state index contributed by atoms with van der Waals surface area (Å²) in [7, 11) is -1.68. The summed E-state index contributed by atoms with van der Waals surface area (Å²) in [4.78, 5) is 0. The van der Waals surface area contributed by atoms with Crippen LogP contribution in [0.2, 0.25) is 0 Å². The number of hydrogen-bond donors (Lipinski definition) is 2. The van der Waals surface area contributed by atoms with Crippen molar-refractivity contribution in [3.8, 4) is 0 Å². The predicted molar refractivity (Wildman–Crippen MR) is 83.9 cm³/mol. The van der Waals surface area contributed by atoms with Crippen molar-refractivity contribution in [2.24, 2.45) is 5.41 Å². The largest absolute Gasteiger partial charge is 0.317 e. The molecule has 2 N–H and O–H groups in total. The predicted octanol–water partition coefficient (Wildman–Crippen LogP) is 1.72. The van der Waals surface area contributed by atoms with Crippen molar-refractivity contribution in [2.45, 2.75) is 52.4 Å². The van der Waals surface area contributed by atoms with Gasteiger partial charge in [-0.05, 0) is 37.8 Å². The Morgan fingerprint density at radius 1 is 1.20 bits per heavy atom. The number of rotatable bonds is 9. The van der Waals surface area contributed by atoms with E-state index in [0.717, 1.165) is 32.4 Å². The van der Waals surface area contributed by atoms with Gasteiger partial charge in [0.15, 0.2) is 0 Å². The SMILES string of the molecule is CCNCCCN(C)S(=O)(=O)NCC1(C)CCCCC1. The van der Waals surface area contributed by atoms with Gasteiger partial charge < -0.3 is 5.32 Å². The molecule has 0 radical (unpaired) electrons. The minimum atomic E-state index is -3.33. The molecule has 0 aromatic carbocycles. The fourth-order valence-corrected chi connectivity index (χ4v) is 3.80. The summed E-state index contributed by atoms with van der Waals surface area (Å²) >= 11 is 0. The number of nitrogens with one attached hydrogen (secondary N) is 2. The molecule has 20 heavy (non-hydrogen) atoms. The lowest BCUT2D eigenvalue weighted by molar-refractivity contribution is 0.217. The van der Waals surface area contributed by atoms with Crippen LogP contribution in [-0.2, 0) is 10.2 Å². The summed E-state index contributed by atoms with van der Waals surface area (Å²) in [6, 6.07) is 0. The van der Waals surface area contributed by atoms with Gasteiger partial charge in [0.2, 0.25) is 0 Å². The summed E-state index contributed by atoms with van der Waals surface area (Å²) in [5.74, 6) is 0. The molecule has 5 nitrogen and oxygen atoms in total. The third-order valence-electron chi connectivity index (χ3n) is 4.23. The Hall–Kier alpha value is -0.170. The number of hydrogen-bond acceptors (Lipinski definition) is 3. The van der Waals surface area contributed by atoms with Gasteiger partial charge in [0.1, 0.15) is 0 Å². The first-order chi connectivity index (χ1) is 9.40. The van der Waals surface area contributed by atoms with Crippen LogP contribution in [0, 0.1) is 5.41 Å². The average molecular weight is 305 g/mol. The molecule has 0 aliphatic heterocycles. The highest BCUT2D eigenvalue weighted by Gasteiger charge is 2.29. The van der Waals surface area contributed by atoms with Crippen LogP contribution in [0.15, 0.2) is 0 Å². The quantitative estimate of drug-likeness (QED) is 0.638. The van der Waals surface area contributed by atoms with Crippen LogP contribution < -0.4 is 10.0 Å². The van der Waals surface area contributed by atoms with E-state index in [4.69, 9.17) is 0 Å². The van der Waals surface area contributed by atoms with Crippen LogP contribution in [0.3, 0.4) is 0 Å². The zero-order chi connectivity index (χ0) is 15.1. The monoisotopic (exact) mass is 305 g/mol. The van der Waals surface area contributed by atoms with Crippen molar-refractivity contribution in [2.75, 3.05) is 33.2 Å². The van der Waals surface area contributed by atoms with E-state index in [0.29, 0.717) is 13.1 Å². The molecular weight excluding hydrogens is 274 g/mol. The highest BCUT2D eigenvalue weighted by molar-refractivity contribution is 7.87. The van der Waals surface area contributed by atoms with E-state index in [1.54, 1.807) is 7.05 Å². The Labute approximate surface area is 124 Å². The Bertz CT molecular complexity index is 365. The molecule has 0 bridgehead atoms. The maximum absolute atomic E-state index is 12.2. The van der Waals surface area contributed by atoms with Gasteiger partial charge in [-0.3, -0.25) is 0 Å². The molecule has 0 aromatic heterocycles. The average Bonchev–Trinajstić information content (AvgIpc) is 2.42. The van der Waals surface area contributed by atoms with Crippen molar-refractivity contribution < 1.29 is 8.42 Å². The van der Waals surface area contributed by atoms with E-state index in [9.17, 15) is 8.42 Å². The van der Waals surface area contributed by atoms with Crippen molar-refractivity contribution in [3.63, 3.8) is 0 Å². The Balaban J connectivity index is 2.36.